The van der Waals surface area contributed by atoms with E-state index >= 15 is 0 Å². The van der Waals surface area contributed by atoms with E-state index in [1.807, 2.05) is 13.0 Å². The van der Waals surface area contributed by atoms with Crippen LogP contribution in [0.1, 0.15) is 33.1 Å². The van der Waals surface area contributed by atoms with Crippen LogP contribution < -0.4 is 4.46 Å². The second-order valence-corrected chi connectivity index (χ2v) is 7.99. The third-order valence-electron chi connectivity index (χ3n) is 3.34. The molecule has 2 atom stereocenters. The summed E-state index contributed by atoms with van der Waals surface area (Å²) in [6.07, 6.45) is 2.45. The van der Waals surface area contributed by atoms with Gasteiger partial charge in [-0.1, -0.05) is 0 Å². The topological polar surface area (TPSA) is 42.2 Å². The predicted molar refractivity (Wildman–Crippen MR) is 84.2 cm³/mol. The summed E-state index contributed by atoms with van der Waals surface area (Å²) >= 11 is 0.285. The molecular formula is C17H21NO2Se. The first-order chi connectivity index (χ1) is 10.2. The first-order valence-electron chi connectivity index (χ1n) is 7.36. The van der Waals surface area contributed by atoms with E-state index in [0.29, 0.717) is 11.4 Å². The molecule has 0 unspecified atom stereocenters. The van der Waals surface area contributed by atoms with E-state index in [1.165, 1.54) is 4.46 Å². The van der Waals surface area contributed by atoms with E-state index in [-0.39, 0.29) is 21.2 Å². The molecule has 1 aliphatic carbocycles. The van der Waals surface area contributed by atoms with Gasteiger partial charge in [-0.25, -0.2) is 0 Å². The second kappa shape index (κ2) is 8.24. The van der Waals surface area contributed by atoms with Gasteiger partial charge in [-0.05, 0) is 0 Å². The zero-order valence-corrected chi connectivity index (χ0v) is 14.3. The molecule has 0 saturated heterocycles. The summed E-state index contributed by atoms with van der Waals surface area (Å²) < 4.78 is 13.2. The van der Waals surface area contributed by atoms with Gasteiger partial charge >= 0.3 is 133 Å². The Balaban J connectivity index is 2.03. The Hall–Kier alpha value is -1.27. The summed E-state index contributed by atoms with van der Waals surface area (Å²) in [7, 11) is 0. The third kappa shape index (κ3) is 4.61. The maximum absolute atomic E-state index is 9.13. The second-order valence-electron chi connectivity index (χ2n) is 4.94. The molecule has 21 heavy (non-hydrogen) atoms. The quantitative estimate of drug-likeness (QED) is 0.560. The van der Waals surface area contributed by atoms with Crippen molar-refractivity contribution in [2.45, 2.75) is 44.2 Å². The van der Waals surface area contributed by atoms with Crippen LogP contribution in [-0.4, -0.2) is 27.9 Å². The molecule has 0 bridgehead atoms. The summed E-state index contributed by atoms with van der Waals surface area (Å²) in [5, 5.41) is 9.13. The van der Waals surface area contributed by atoms with Crippen LogP contribution in [0.5, 0.6) is 0 Å². The maximum atomic E-state index is 9.13. The zero-order valence-electron chi connectivity index (χ0n) is 12.5. The Bertz CT molecular complexity index is 521. The van der Waals surface area contributed by atoms with E-state index in [2.05, 4.69) is 37.3 Å². The molecule has 0 heterocycles. The summed E-state index contributed by atoms with van der Waals surface area (Å²) in [5.41, 5.74) is 0.791. The molecule has 0 radical (unpaired) electrons. The van der Waals surface area contributed by atoms with Crippen molar-refractivity contribution in [1.82, 2.24) is 0 Å². The molecule has 0 spiro atoms. The molecule has 3 nitrogen and oxygen atoms in total. The number of benzene rings is 1. The van der Waals surface area contributed by atoms with Gasteiger partial charge in [0.05, 0.1) is 0 Å². The Kier molecular flexibility index (Phi) is 6.32. The van der Waals surface area contributed by atoms with Gasteiger partial charge in [0.25, 0.3) is 0 Å². The van der Waals surface area contributed by atoms with Crippen molar-refractivity contribution in [2.75, 3.05) is 6.61 Å². The van der Waals surface area contributed by atoms with Crippen molar-refractivity contribution >= 4 is 19.4 Å². The van der Waals surface area contributed by atoms with Crippen molar-refractivity contribution in [2.24, 2.45) is 0 Å². The normalized spacial score (nSPS) is 17.4. The fourth-order valence-electron chi connectivity index (χ4n) is 2.30. The fraction of sp³-hybridized carbons (Fsp3) is 0.471. The molecule has 4 heteroatoms. The Morgan fingerprint density at radius 1 is 1.29 bits per heavy atom. The monoisotopic (exact) mass is 351 g/mol. The summed E-state index contributed by atoms with van der Waals surface area (Å²) in [4.78, 5) is 0.299. The van der Waals surface area contributed by atoms with Crippen LogP contribution in [0.4, 0.5) is 0 Å². The summed E-state index contributed by atoms with van der Waals surface area (Å²) in [6.45, 7) is 4.76. The Labute approximate surface area is 133 Å². The molecule has 0 aliphatic heterocycles. The number of nitriles is 1. The van der Waals surface area contributed by atoms with Crippen molar-refractivity contribution in [3.63, 3.8) is 0 Å². The molecule has 1 aliphatic rings. The number of hydrogen-bond donors (Lipinski definition) is 0. The molecule has 0 saturated carbocycles. The van der Waals surface area contributed by atoms with Gasteiger partial charge in [-0.3, -0.25) is 0 Å². The average Bonchev–Trinajstić information content (AvgIpc) is 2.95. The van der Waals surface area contributed by atoms with Gasteiger partial charge in [-0.15, -0.1) is 0 Å². The molecule has 0 fully saturated rings. The molecule has 2 rings (SSSR count). The van der Waals surface area contributed by atoms with Gasteiger partial charge < -0.3 is 0 Å². The third-order valence-corrected chi connectivity index (χ3v) is 5.73. The van der Waals surface area contributed by atoms with Crippen molar-refractivity contribution in [3.05, 3.63) is 41.7 Å². The van der Waals surface area contributed by atoms with Gasteiger partial charge in [-0.2, -0.15) is 0 Å². The Morgan fingerprint density at radius 2 is 2.05 bits per heavy atom. The van der Waals surface area contributed by atoms with Crippen molar-refractivity contribution in [1.29, 1.82) is 5.26 Å². The van der Waals surface area contributed by atoms with Crippen molar-refractivity contribution in [3.8, 4) is 6.07 Å². The predicted octanol–water partition coefficient (Wildman–Crippen LogP) is 3.17. The molecule has 1 aromatic rings. The van der Waals surface area contributed by atoms with Crippen molar-refractivity contribution < 1.29 is 9.47 Å². The average molecular weight is 350 g/mol. The van der Waals surface area contributed by atoms with Gasteiger partial charge in [0.1, 0.15) is 0 Å². The summed E-state index contributed by atoms with van der Waals surface area (Å²) in [6, 6.07) is 12.7. The number of rotatable bonds is 7. The molecule has 112 valence electrons. The van der Waals surface area contributed by atoms with Crippen LogP contribution in [0.3, 0.4) is 0 Å². The minimum atomic E-state index is -0.258. The van der Waals surface area contributed by atoms with Gasteiger partial charge in [0.2, 0.25) is 0 Å². The first-order valence-corrected chi connectivity index (χ1v) is 9.21. The van der Waals surface area contributed by atoms with Gasteiger partial charge in [0, 0.05) is 0 Å². The van der Waals surface area contributed by atoms with Crippen LogP contribution in [0, 0.1) is 11.3 Å². The molecular weight excluding hydrogens is 329 g/mol. The number of hydrogen-bond acceptors (Lipinski definition) is 3. The van der Waals surface area contributed by atoms with Crippen LogP contribution >= 0.6 is 0 Å². The van der Waals surface area contributed by atoms with Crippen LogP contribution in [0.15, 0.2) is 41.7 Å². The molecule has 0 amide bonds. The van der Waals surface area contributed by atoms with Gasteiger partial charge in [0.15, 0.2) is 0 Å². The fourth-order valence-corrected chi connectivity index (χ4v) is 4.38. The standard InChI is InChI=1S/C17H21NO2Se/c1-3-19-17(20-16-11-7-8-14(16)12-18)13(2)21-15-9-5-4-6-10-15/h4-6,9-10,13,17H,3,7-8,11H2,1-2H3/t13-,17-/m1/s1. The SMILES string of the molecule is CCO[C@H](OC1=C(C#N)CCC1)[C@@H](C)[Se]c1ccccc1. The van der Waals surface area contributed by atoms with Crippen LogP contribution in [0.2, 0.25) is 4.82 Å². The molecule has 0 N–H and O–H groups in total. The van der Waals surface area contributed by atoms with E-state index in [4.69, 9.17) is 14.7 Å². The zero-order chi connectivity index (χ0) is 15.1. The number of ether oxygens (including phenoxy) is 2. The van der Waals surface area contributed by atoms with Crippen LogP contribution in [-0.2, 0) is 9.47 Å². The van der Waals surface area contributed by atoms with Crippen LogP contribution in [0.25, 0.3) is 0 Å². The Morgan fingerprint density at radius 3 is 2.71 bits per heavy atom. The number of allylic oxidation sites excluding steroid dienone is 2. The number of nitrogens with zero attached hydrogens (tertiary/aromatic N) is 1. The van der Waals surface area contributed by atoms with E-state index in [1.54, 1.807) is 0 Å². The first kappa shape index (κ1) is 16.1. The van der Waals surface area contributed by atoms with E-state index < -0.39 is 0 Å². The molecule has 1 aromatic carbocycles. The van der Waals surface area contributed by atoms with E-state index in [9.17, 15) is 0 Å². The summed E-state index contributed by atoms with van der Waals surface area (Å²) in [5.74, 6) is 0.840. The van der Waals surface area contributed by atoms with E-state index in [0.717, 1.165) is 30.6 Å². The minimum absolute atomic E-state index is 0.258. The molecule has 0 aromatic heterocycles.